The first-order valence-electron chi connectivity index (χ1n) is 16.5. The van der Waals surface area contributed by atoms with E-state index in [0.717, 1.165) is 49.4 Å². The molecule has 4 heteroatoms. The molecule has 0 saturated heterocycles. The first-order chi connectivity index (χ1) is 24.3. The normalized spacial score (nSPS) is 11.7. The maximum atomic E-state index is 6.25. The van der Waals surface area contributed by atoms with Gasteiger partial charge in [-0.2, -0.15) is 0 Å². The Balaban J connectivity index is 1.25. The van der Waals surface area contributed by atoms with Crippen LogP contribution in [0.2, 0.25) is 0 Å². The van der Waals surface area contributed by atoms with Crippen LogP contribution in [-0.2, 0) is 0 Å². The lowest BCUT2D eigenvalue weighted by Crippen LogP contribution is -2.01. The molecule has 0 spiro atoms. The fourth-order valence-corrected chi connectivity index (χ4v) is 7.32. The van der Waals surface area contributed by atoms with Crippen molar-refractivity contribution < 1.29 is 4.42 Å². The van der Waals surface area contributed by atoms with Crippen LogP contribution in [0.25, 0.3) is 99.5 Å². The Morgan fingerprint density at radius 3 is 1.61 bits per heavy atom. The van der Waals surface area contributed by atoms with Crippen LogP contribution < -0.4 is 0 Å². The topological polar surface area (TPSA) is 51.8 Å². The highest BCUT2D eigenvalue weighted by Crippen LogP contribution is 2.42. The summed E-state index contributed by atoms with van der Waals surface area (Å²) in [6.07, 6.45) is 0. The van der Waals surface area contributed by atoms with E-state index in [1.54, 1.807) is 0 Å². The number of para-hydroxylation sites is 1. The summed E-state index contributed by atoms with van der Waals surface area (Å²) in [6, 6.07) is 56.9. The van der Waals surface area contributed by atoms with E-state index in [9.17, 15) is 0 Å². The summed E-state index contributed by atoms with van der Waals surface area (Å²) in [5.41, 5.74) is 6.85. The molecule has 0 atom stereocenters. The highest BCUT2D eigenvalue weighted by atomic mass is 16.3. The lowest BCUT2D eigenvalue weighted by molar-refractivity contribution is 0.669. The van der Waals surface area contributed by atoms with E-state index in [0.29, 0.717) is 17.5 Å². The fourth-order valence-electron chi connectivity index (χ4n) is 7.32. The molecule has 8 aromatic carbocycles. The highest BCUT2D eigenvalue weighted by Gasteiger charge is 2.20. The summed E-state index contributed by atoms with van der Waals surface area (Å²) in [5, 5.41) is 9.17. The average molecular weight is 626 g/mol. The lowest BCUT2D eigenvalue weighted by Gasteiger charge is -2.16. The van der Waals surface area contributed by atoms with Crippen LogP contribution >= 0.6 is 0 Å². The molecule has 0 radical (unpaired) electrons. The van der Waals surface area contributed by atoms with Gasteiger partial charge in [-0.15, -0.1) is 0 Å². The van der Waals surface area contributed by atoms with Gasteiger partial charge in [-0.1, -0.05) is 146 Å². The number of furan rings is 1. The van der Waals surface area contributed by atoms with Gasteiger partial charge in [0.15, 0.2) is 17.5 Å². The summed E-state index contributed by atoms with van der Waals surface area (Å²) in [6.45, 7) is 0. The molecule has 0 unspecified atom stereocenters. The molecule has 10 aromatic rings. The second-order valence-electron chi connectivity index (χ2n) is 12.3. The fraction of sp³-hybridized carbons (Fsp3) is 0. The molecule has 228 valence electrons. The third-order valence-electron chi connectivity index (χ3n) is 9.51. The van der Waals surface area contributed by atoms with E-state index in [4.69, 9.17) is 19.4 Å². The van der Waals surface area contributed by atoms with Crippen LogP contribution in [0.5, 0.6) is 0 Å². The van der Waals surface area contributed by atoms with Gasteiger partial charge in [-0.25, -0.2) is 15.0 Å². The molecule has 2 heterocycles. The lowest BCUT2D eigenvalue weighted by atomic mass is 9.88. The van der Waals surface area contributed by atoms with E-state index in [1.807, 2.05) is 60.7 Å². The number of fused-ring (bicyclic) bond motifs is 6. The average Bonchev–Trinajstić information content (AvgIpc) is 3.56. The van der Waals surface area contributed by atoms with Gasteiger partial charge >= 0.3 is 0 Å². The molecule has 0 aliphatic rings. The van der Waals surface area contributed by atoms with Crippen molar-refractivity contribution in [1.82, 2.24) is 15.0 Å². The minimum Gasteiger partial charge on any atom is -0.456 e. The molecule has 0 saturated carbocycles. The smallest absolute Gasteiger partial charge is 0.164 e. The van der Waals surface area contributed by atoms with Crippen LogP contribution in [0, 0.1) is 0 Å². The van der Waals surface area contributed by atoms with Crippen molar-refractivity contribution in [3.8, 4) is 45.3 Å². The van der Waals surface area contributed by atoms with Crippen LogP contribution in [-0.4, -0.2) is 15.0 Å². The monoisotopic (exact) mass is 625 g/mol. The van der Waals surface area contributed by atoms with Crippen molar-refractivity contribution >= 4 is 54.3 Å². The van der Waals surface area contributed by atoms with Crippen molar-refractivity contribution in [3.05, 3.63) is 164 Å². The van der Waals surface area contributed by atoms with E-state index < -0.39 is 0 Å². The Bertz CT molecular complexity index is 2840. The zero-order valence-corrected chi connectivity index (χ0v) is 26.3. The van der Waals surface area contributed by atoms with Crippen LogP contribution in [0.15, 0.2) is 168 Å². The summed E-state index contributed by atoms with van der Waals surface area (Å²) in [7, 11) is 0. The van der Waals surface area contributed by atoms with Crippen LogP contribution in [0.3, 0.4) is 0 Å². The Morgan fingerprint density at radius 2 is 0.857 bits per heavy atom. The molecular formula is C45H27N3O. The zero-order valence-electron chi connectivity index (χ0n) is 26.3. The van der Waals surface area contributed by atoms with E-state index in [1.165, 1.54) is 32.7 Å². The molecule has 0 bridgehead atoms. The second-order valence-corrected chi connectivity index (χ2v) is 12.3. The maximum absolute atomic E-state index is 6.25. The number of nitrogens with zero attached hydrogens (tertiary/aromatic N) is 3. The van der Waals surface area contributed by atoms with Gasteiger partial charge in [0.1, 0.15) is 11.2 Å². The minimum atomic E-state index is 0.606. The second kappa shape index (κ2) is 11.0. The summed E-state index contributed by atoms with van der Waals surface area (Å²) in [5.74, 6) is 1.85. The molecular weight excluding hydrogens is 599 g/mol. The zero-order chi connectivity index (χ0) is 32.3. The number of hydrogen-bond acceptors (Lipinski definition) is 4. The Labute approximate surface area is 282 Å². The van der Waals surface area contributed by atoms with Gasteiger partial charge in [0.2, 0.25) is 0 Å². The predicted molar refractivity (Wildman–Crippen MR) is 201 cm³/mol. The highest BCUT2D eigenvalue weighted by molar-refractivity contribution is 6.18. The van der Waals surface area contributed by atoms with Gasteiger partial charge in [0.05, 0.1) is 0 Å². The number of hydrogen-bond donors (Lipinski definition) is 0. The predicted octanol–water partition coefficient (Wildman–Crippen LogP) is 11.9. The van der Waals surface area contributed by atoms with E-state index in [2.05, 4.69) is 103 Å². The quantitative estimate of drug-likeness (QED) is 0.183. The number of aromatic nitrogens is 3. The van der Waals surface area contributed by atoms with Gasteiger partial charge < -0.3 is 4.42 Å². The van der Waals surface area contributed by atoms with Gasteiger partial charge in [-0.3, -0.25) is 0 Å². The molecule has 0 aliphatic heterocycles. The third kappa shape index (κ3) is 4.42. The molecule has 0 fully saturated rings. The SMILES string of the molecule is c1ccc(-c2nc(-c3cccc4c(-c5c6ccccc6cc6ccccc56)cccc34)nc(-c3cccc4oc5ccccc5c34)n2)cc1. The van der Waals surface area contributed by atoms with Crippen molar-refractivity contribution in [3.63, 3.8) is 0 Å². The standard InChI is InChI=1S/C45H27N3O/c1-2-13-28(14-3-1)43-46-44(48-45(47-43)38-24-12-26-40-42(38)37-19-8-9-25-39(37)49-40)36-23-11-20-33-34(36)21-10-22-35(33)41-31-17-6-4-15-29(31)27-30-16-5-7-18-32(30)41/h1-27H. The molecule has 0 N–H and O–H groups in total. The van der Waals surface area contributed by atoms with Crippen LogP contribution in [0.4, 0.5) is 0 Å². The van der Waals surface area contributed by atoms with E-state index >= 15 is 0 Å². The maximum Gasteiger partial charge on any atom is 0.164 e. The molecule has 0 amide bonds. The van der Waals surface area contributed by atoms with Gasteiger partial charge in [-0.05, 0) is 61.6 Å². The van der Waals surface area contributed by atoms with Crippen molar-refractivity contribution in [2.24, 2.45) is 0 Å². The van der Waals surface area contributed by atoms with E-state index in [-0.39, 0.29) is 0 Å². The van der Waals surface area contributed by atoms with Gasteiger partial charge in [0.25, 0.3) is 0 Å². The largest absolute Gasteiger partial charge is 0.456 e. The van der Waals surface area contributed by atoms with Crippen molar-refractivity contribution in [1.29, 1.82) is 0 Å². The minimum absolute atomic E-state index is 0.606. The summed E-state index contributed by atoms with van der Waals surface area (Å²) >= 11 is 0. The molecule has 4 nitrogen and oxygen atoms in total. The van der Waals surface area contributed by atoms with Crippen molar-refractivity contribution in [2.45, 2.75) is 0 Å². The number of benzene rings is 8. The molecule has 2 aromatic heterocycles. The third-order valence-corrected chi connectivity index (χ3v) is 9.51. The molecule has 0 aliphatic carbocycles. The Morgan fingerprint density at radius 1 is 0.347 bits per heavy atom. The van der Waals surface area contributed by atoms with Crippen molar-refractivity contribution in [2.75, 3.05) is 0 Å². The summed E-state index contributed by atoms with van der Waals surface area (Å²) < 4.78 is 6.25. The first kappa shape index (κ1) is 27.5. The number of rotatable bonds is 4. The van der Waals surface area contributed by atoms with Gasteiger partial charge in [0, 0.05) is 27.5 Å². The molecule has 49 heavy (non-hydrogen) atoms. The summed E-state index contributed by atoms with van der Waals surface area (Å²) in [4.78, 5) is 15.4. The molecule has 10 rings (SSSR count). The van der Waals surface area contributed by atoms with Crippen LogP contribution in [0.1, 0.15) is 0 Å². The first-order valence-corrected chi connectivity index (χ1v) is 16.5. The Hall–Kier alpha value is -6.65. The Kier molecular flexibility index (Phi) is 6.15.